The first-order valence-electron chi connectivity index (χ1n) is 5.56. The van der Waals surface area contributed by atoms with Crippen molar-refractivity contribution in [2.45, 2.75) is 19.4 Å². The molecule has 4 nitrogen and oxygen atoms in total. The Morgan fingerprint density at radius 1 is 1.05 bits per heavy atom. The van der Waals surface area contributed by atoms with Crippen molar-refractivity contribution in [2.75, 3.05) is 6.54 Å². The summed E-state index contributed by atoms with van der Waals surface area (Å²) in [4.78, 5) is 22.0. The number of halogens is 5. The Morgan fingerprint density at radius 2 is 1.67 bits per heavy atom. The molecule has 0 radical (unpaired) electrons. The SMILES string of the molecule is Cl.NCC(=O)CCC(=O)OCc1cc(F)c(F)c(F)c1F. The molecule has 0 aliphatic carbocycles. The number of nitrogens with two attached hydrogens (primary N) is 1. The molecule has 0 atom stereocenters. The molecule has 0 heterocycles. The highest BCUT2D eigenvalue weighted by atomic mass is 35.5. The van der Waals surface area contributed by atoms with Crippen LogP contribution < -0.4 is 5.73 Å². The molecule has 0 amide bonds. The number of ether oxygens (including phenoxy) is 1. The lowest BCUT2D eigenvalue weighted by Gasteiger charge is -2.07. The van der Waals surface area contributed by atoms with Gasteiger partial charge < -0.3 is 10.5 Å². The smallest absolute Gasteiger partial charge is 0.306 e. The summed E-state index contributed by atoms with van der Waals surface area (Å²) in [5.41, 5.74) is 4.38. The molecule has 0 bridgehead atoms. The molecule has 0 spiro atoms. The van der Waals surface area contributed by atoms with Gasteiger partial charge in [0, 0.05) is 12.0 Å². The maximum absolute atomic E-state index is 13.2. The van der Waals surface area contributed by atoms with Crippen molar-refractivity contribution < 1.29 is 31.9 Å². The quantitative estimate of drug-likeness (QED) is 0.375. The van der Waals surface area contributed by atoms with E-state index >= 15 is 0 Å². The summed E-state index contributed by atoms with van der Waals surface area (Å²) in [6, 6.07) is 0.395. The summed E-state index contributed by atoms with van der Waals surface area (Å²) in [6.07, 6.45) is -0.437. The van der Waals surface area contributed by atoms with Crippen LogP contribution in [-0.4, -0.2) is 18.3 Å². The number of benzene rings is 1. The highest BCUT2D eigenvalue weighted by Crippen LogP contribution is 2.19. The Morgan fingerprint density at radius 3 is 2.24 bits per heavy atom. The number of carbonyl (C=O) groups is 2. The third-order valence-electron chi connectivity index (χ3n) is 2.40. The second-order valence-electron chi connectivity index (χ2n) is 3.86. The van der Waals surface area contributed by atoms with Gasteiger partial charge in [-0.25, -0.2) is 17.6 Å². The number of rotatable bonds is 6. The first kappa shape index (κ1) is 19.3. The van der Waals surface area contributed by atoms with Gasteiger partial charge in [0.2, 0.25) is 0 Å². The summed E-state index contributed by atoms with van der Waals surface area (Å²) in [5.74, 6) is -8.37. The van der Waals surface area contributed by atoms with E-state index in [0.717, 1.165) is 0 Å². The molecule has 1 aromatic rings. The van der Waals surface area contributed by atoms with Crippen LogP contribution in [0.15, 0.2) is 6.07 Å². The molecule has 2 N–H and O–H groups in total. The second kappa shape index (κ2) is 8.58. The zero-order chi connectivity index (χ0) is 15.3. The minimum atomic E-state index is -1.98. The van der Waals surface area contributed by atoms with Gasteiger partial charge in [0.1, 0.15) is 12.4 Å². The lowest BCUT2D eigenvalue weighted by Crippen LogP contribution is -2.15. The fourth-order valence-corrected chi connectivity index (χ4v) is 1.30. The Kier molecular flexibility index (Phi) is 7.90. The van der Waals surface area contributed by atoms with Gasteiger partial charge in [0.15, 0.2) is 23.3 Å². The van der Waals surface area contributed by atoms with Gasteiger partial charge in [-0.3, -0.25) is 9.59 Å². The van der Waals surface area contributed by atoms with Crippen LogP contribution in [0.5, 0.6) is 0 Å². The zero-order valence-corrected chi connectivity index (χ0v) is 11.4. The van der Waals surface area contributed by atoms with E-state index in [2.05, 4.69) is 4.74 Å². The maximum Gasteiger partial charge on any atom is 0.306 e. The number of carbonyl (C=O) groups excluding carboxylic acids is 2. The molecule has 0 saturated carbocycles. The Hall–Kier alpha value is -1.67. The Bertz CT molecular complexity index is 540. The lowest BCUT2D eigenvalue weighted by molar-refractivity contribution is -0.146. The molecule has 1 rings (SSSR count). The molecule has 1 aromatic carbocycles. The van der Waals surface area contributed by atoms with Gasteiger partial charge in [0.05, 0.1) is 13.0 Å². The van der Waals surface area contributed by atoms with Crippen LogP contribution in [0.25, 0.3) is 0 Å². The predicted molar refractivity (Wildman–Crippen MR) is 66.6 cm³/mol. The van der Waals surface area contributed by atoms with Gasteiger partial charge in [-0.1, -0.05) is 0 Å². The van der Waals surface area contributed by atoms with E-state index in [-0.39, 0.29) is 37.6 Å². The van der Waals surface area contributed by atoms with Crippen molar-refractivity contribution in [3.8, 4) is 0 Å². The highest BCUT2D eigenvalue weighted by molar-refractivity contribution is 5.85. The highest BCUT2D eigenvalue weighted by Gasteiger charge is 2.19. The van der Waals surface area contributed by atoms with Crippen molar-refractivity contribution in [1.29, 1.82) is 0 Å². The number of hydrogen-bond donors (Lipinski definition) is 1. The largest absolute Gasteiger partial charge is 0.461 e. The molecular weight excluding hydrogens is 318 g/mol. The molecule has 0 fully saturated rings. The topological polar surface area (TPSA) is 69.4 Å². The molecule has 0 aromatic heterocycles. The molecule has 0 unspecified atom stereocenters. The van der Waals surface area contributed by atoms with Crippen molar-refractivity contribution >= 4 is 24.2 Å². The van der Waals surface area contributed by atoms with Crippen LogP contribution in [0.1, 0.15) is 18.4 Å². The monoisotopic (exact) mass is 329 g/mol. The first-order valence-corrected chi connectivity index (χ1v) is 5.56. The van der Waals surface area contributed by atoms with E-state index < -0.39 is 41.4 Å². The van der Waals surface area contributed by atoms with E-state index in [9.17, 15) is 27.2 Å². The van der Waals surface area contributed by atoms with Gasteiger partial charge in [-0.15, -0.1) is 12.4 Å². The van der Waals surface area contributed by atoms with E-state index in [4.69, 9.17) is 5.73 Å². The molecular formula is C12H12ClF4NO3. The van der Waals surface area contributed by atoms with Gasteiger partial charge >= 0.3 is 5.97 Å². The van der Waals surface area contributed by atoms with Crippen molar-refractivity contribution in [1.82, 2.24) is 0 Å². The minimum absolute atomic E-state index is 0. The molecule has 118 valence electrons. The number of Topliss-reactive ketones (excluding diaryl/α,β-unsaturated/α-hetero) is 1. The maximum atomic E-state index is 13.2. The van der Waals surface area contributed by atoms with Crippen LogP contribution in [-0.2, 0) is 20.9 Å². The van der Waals surface area contributed by atoms with Crippen LogP contribution in [0.3, 0.4) is 0 Å². The van der Waals surface area contributed by atoms with Crippen molar-refractivity contribution in [2.24, 2.45) is 5.73 Å². The van der Waals surface area contributed by atoms with Crippen LogP contribution in [0.4, 0.5) is 17.6 Å². The third-order valence-corrected chi connectivity index (χ3v) is 2.40. The van der Waals surface area contributed by atoms with Crippen LogP contribution in [0.2, 0.25) is 0 Å². The Balaban J connectivity index is 0.00000400. The number of ketones is 1. The van der Waals surface area contributed by atoms with E-state index in [1.54, 1.807) is 0 Å². The van der Waals surface area contributed by atoms with Crippen molar-refractivity contribution in [3.63, 3.8) is 0 Å². The van der Waals surface area contributed by atoms with Crippen molar-refractivity contribution in [3.05, 3.63) is 34.9 Å². The number of esters is 1. The first-order chi connectivity index (χ1) is 9.36. The molecule has 0 aliphatic rings. The third kappa shape index (κ3) is 5.31. The zero-order valence-electron chi connectivity index (χ0n) is 10.6. The van der Waals surface area contributed by atoms with Gasteiger partial charge in [0.25, 0.3) is 0 Å². The summed E-state index contributed by atoms with van der Waals surface area (Å²) in [6.45, 7) is -0.994. The summed E-state index contributed by atoms with van der Waals surface area (Å²) >= 11 is 0. The molecule has 9 heteroatoms. The second-order valence-corrected chi connectivity index (χ2v) is 3.86. The summed E-state index contributed by atoms with van der Waals surface area (Å²) < 4.78 is 56.2. The standard InChI is InChI=1S/C12H11F4NO3.ClH/c13-8-3-6(10(14)12(16)11(8)15)5-20-9(19)2-1-7(18)4-17;/h3H,1-2,4-5,17H2;1H. The fourth-order valence-electron chi connectivity index (χ4n) is 1.30. The van der Waals surface area contributed by atoms with E-state index in [1.807, 2.05) is 0 Å². The van der Waals surface area contributed by atoms with Gasteiger partial charge in [-0.2, -0.15) is 0 Å². The summed E-state index contributed by atoms with van der Waals surface area (Å²) in [7, 11) is 0. The van der Waals surface area contributed by atoms with E-state index in [0.29, 0.717) is 6.07 Å². The van der Waals surface area contributed by atoms with E-state index in [1.165, 1.54) is 0 Å². The Labute approximate surface area is 123 Å². The molecule has 0 saturated heterocycles. The summed E-state index contributed by atoms with van der Waals surface area (Å²) in [5, 5.41) is 0. The minimum Gasteiger partial charge on any atom is -0.461 e. The normalized spacial score (nSPS) is 9.95. The number of hydrogen-bond acceptors (Lipinski definition) is 4. The van der Waals surface area contributed by atoms with Crippen LogP contribution >= 0.6 is 12.4 Å². The average Bonchev–Trinajstić information content (AvgIpc) is 2.44. The van der Waals surface area contributed by atoms with Gasteiger partial charge in [-0.05, 0) is 6.07 Å². The average molecular weight is 330 g/mol. The fraction of sp³-hybridized carbons (Fsp3) is 0.333. The predicted octanol–water partition coefficient (Wildman–Crippen LogP) is 2.02. The van der Waals surface area contributed by atoms with Crippen LogP contribution in [0, 0.1) is 23.3 Å². The lowest BCUT2D eigenvalue weighted by atomic mass is 10.2. The molecule has 0 aliphatic heterocycles. The molecule has 21 heavy (non-hydrogen) atoms.